The standard InChI is InChI=1S/C22H26Cl2N2O2.2ClH/c1-27-22-11-15(12-25-20-13-26-8-6-17(20)7-9-26)3-5-21(22)28-14-16-2-4-18(23)19(24)10-16;;/h2-5,10-11,17,20,25H,6-9,12-14H2,1H3;2*1H. The molecule has 0 radical (unpaired) electrons. The van der Waals surface area contributed by atoms with Gasteiger partial charge in [-0.1, -0.05) is 35.3 Å². The molecule has 1 atom stereocenters. The topological polar surface area (TPSA) is 33.7 Å². The van der Waals surface area contributed by atoms with Gasteiger partial charge < -0.3 is 19.7 Å². The van der Waals surface area contributed by atoms with Gasteiger partial charge in [0.15, 0.2) is 11.5 Å². The number of fused-ring (bicyclic) bond motifs is 3. The van der Waals surface area contributed by atoms with Crippen molar-refractivity contribution in [1.29, 1.82) is 0 Å². The first kappa shape index (κ1) is 25.4. The number of nitrogens with zero attached hydrogens (tertiary/aromatic N) is 1. The number of halogens is 4. The molecular formula is C22H28Cl4N2O2. The second-order valence-corrected chi connectivity index (χ2v) is 8.46. The van der Waals surface area contributed by atoms with Gasteiger partial charge in [-0.2, -0.15) is 0 Å². The Morgan fingerprint density at radius 1 is 0.967 bits per heavy atom. The van der Waals surface area contributed by atoms with Gasteiger partial charge in [0.1, 0.15) is 6.61 Å². The van der Waals surface area contributed by atoms with Gasteiger partial charge in [0.2, 0.25) is 0 Å². The molecule has 0 spiro atoms. The van der Waals surface area contributed by atoms with Crippen molar-refractivity contribution in [3.05, 3.63) is 57.6 Å². The van der Waals surface area contributed by atoms with Crippen LogP contribution in [0.5, 0.6) is 11.5 Å². The molecule has 0 amide bonds. The van der Waals surface area contributed by atoms with Gasteiger partial charge in [-0.3, -0.25) is 0 Å². The zero-order chi connectivity index (χ0) is 19.5. The van der Waals surface area contributed by atoms with Crippen molar-refractivity contribution >= 4 is 48.0 Å². The molecule has 4 nitrogen and oxygen atoms in total. The average Bonchev–Trinajstić information content (AvgIpc) is 2.74. The number of hydrogen-bond donors (Lipinski definition) is 1. The number of benzene rings is 2. The number of rotatable bonds is 7. The third-order valence-corrected chi connectivity index (χ3v) is 6.57. The lowest BCUT2D eigenvalue weighted by Gasteiger charge is -2.45. The summed E-state index contributed by atoms with van der Waals surface area (Å²) >= 11 is 12.0. The first-order valence-corrected chi connectivity index (χ1v) is 10.6. The lowest BCUT2D eigenvalue weighted by Crippen LogP contribution is -2.55. The van der Waals surface area contributed by atoms with Crippen LogP contribution < -0.4 is 14.8 Å². The maximum absolute atomic E-state index is 6.07. The van der Waals surface area contributed by atoms with Crippen LogP contribution in [-0.2, 0) is 13.2 Å². The Labute approximate surface area is 201 Å². The second kappa shape index (κ2) is 11.7. The summed E-state index contributed by atoms with van der Waals surface area (Å²) in [7, 11) is 1.67. The summed E-state index contributed by atoms with van der Waals surface area (Å²) in [5.74, 6) is 2.29. The highest BCUT2D eigenvalue weighted by Gasteiger charge is 2.33. The summed E-state index contributed by atoms with van der Waals surface area (Å²) in [6.45, 7) is 4.96. The molecule has 3 aliphatic rings. The lowest BCUT2D eigenvalue weighted by atomic mass is 9.84. The van der Waals surface area contributed by atoms with E-state index in [-0.39, 0.29) is 24.8 Å². The van der Waals surface area contributed by atoms with Crippen molar-refractivity contribution in [3.8, 4) is 11.5 Å². The minimum Gasteiger partial charge on any atom is -0.493 e. The van der Waals surface area contributed by atoms with E-state index < -0.39 is 0 Å². The van der Waals surface area contributed by atoms with Crippen LogP contribution in [0.4, 0.5) is 0 Å². The molecule has 1 unspecified atom stereocenters. The zero-order valence-electron chi connectivity index (χ0n) is 16.9. The molecule has 0 saturated carbocycles. The molecule has 30 heavy (non-hydrogen) atoms. The summed E-state index contributed by atoms with van der Waals surface area (Å²) in [5, 5.41) is 4.82. The lowest BCUT2D eigenvalue weighted by molar-refractivity contribution is 0.0720. The first-order valence-electron chi connectivity index (χ1n) is 9.82. The molecule has 2 bridgehead atoms. The summed E-state index contributed by atoms with van der Waals surface area (Å²) in [5.41, 5.74) is 2.17. The largest absolute Gasteiger partial charge is 0.493 e. The highest BCUT2D eigenvalue weighted by Crippen LogP contribution is 2.31. The molecule has 5 rings (SSSR count). The normalized spacial score (nSPS) is 22.0. The van der Waals surface area contributed by atoms with E-state index in [2.05, 4.69) is 22.3 Å². The van der Waals surface area contributed by atoms with E-state index in [1.165, 1.54) is 38.0 Å². The Morgan fingerprint density at radius 2 is 1.70 bits per heavy atom. The van der Waals surface area contributed by atoms with Crippen LogP contribution in [0.3, 0.4) is 0 Å². The Kier molecular flexibility index (Phi) is 9.86. The van der Waals surface area contributed by atoms with Crippen molar-refractivity contribution < 1.29 is 9.47 Å². The molecule has 2 aromatic rings. The Hall–Kier alpha value is -0.880. The number of hydrogen-bond acceptors (Lipinski definition) is 4. The van der Waals surface area contributed by atoms with Crippen molar-refractivity contribution in [2.75, 3.05) is 26.7 Å². The molecule has 8 heteroatoms. The average molecular weight is 494 g/mol. The summed E-state index contributed by atoms with van der Waals surface area (Å²) in [6, 6.07) is 12.2. The minimum absolute atomic E-state index is 0. The highest BCUT2D eigenvalue weighted by molar-refractivity contribution is 6.42. The van der Waals surface area contributed by atoms with Crippen LogP contribution in [0.25, 0.3) is 0 Å². The quantitative estimate of drug-likeness (QED) is 0.543. The van der Waals surface area contributed by atoms with Crippen LogP contribution in [0, 0.1) is 5.92 Å². The number of nitrogens with one attached hydrogen (secondary N) is 1. The van der Waals surface area contributed by atoms with Crippen molar-refractivity contribution in [2.45, 2.75) is 32.0 Å². The van der Waals surface area contributed by atoms with Crippen LogP contribution in [0.15, 0.2) is 36.4 Å². The molecule has 1 N–H and O–H groups in total. The molecule has 0 aliphatic carbocycles. The molecular weight excluding hydrogens is 466 g/mol. The van der Waals surface area contributed by atoms with E-state index >= 15 is 0 Å². The van der Waals surface area contributed by atoms with E-state index in [0.717, 1.165) is 29.5 Å². The predicted octanol–water partition coefficient (Wildman–Crippen LogP) is 5.61. The maximum atomic E-state index is 6.07. The van der Waals surface area contributed by atoms with E-state index in [0.29, 0.717) is 22.7 Å². The molecule has 3 fully saturated rings. The van der Waals surface area contributed by atoms with Crippen molar-refractivity contribution in [3.63, 3.8) is 0 Å². The third kappa shape index (κ3) is 6.09. The van der Waals surface area contributed by atoms with E-state index in [4.69, 9.17) is 32.7 Å². The second-order valence-electron chi connectivity index (χ2n) is 7.65. The minimum atomic E-state index is 0. The SMILES string of the molecule is COc1cc(CNC2CN3CCC2CC3)ccc1OCc1ccc(Cl)c(Cl)c1.Cl.Cl. The molecule has 3 aliphatic heterocycles. The monoisotopic (exact) mass is 492 g/mol. The van der Waals surface area contributed by atoms with Gasteiger partial charge in [0.05, 0.1) is 17.2 Å². The first-order chi connectivity index (χ1) is 13.6. The van der Waals surface area contributed by atoms with Crippen LogP contribution >= 0.6 is 48.0 Å². The van der Waals surface area contributed by atoms with Gasteiger partial charge in [-0.05, 0) is 67.2 Å². The fourth-order valence-electron chi connectivity index (χ4n) is 4.18. The highest BCUT2D eigenvalue weighted by atomic mass is 35.5. The van der Waals surface area contributed by atoms with Gasteiger partial charge in [-0.25, -0.2) is 0 Å². The molecule has 3 heterocycles. The number of ether oxygens (including phenoxy) is 2. The molecule has 3 saturated heterocycles. The van der Waals surface area contributed by atoms with E-state index in [1.54, 1.807) is 13.2 Å². The summed E-state index contributed by atoms with van der Waals surface area (Å²) < 4.78 is 11.5. The summed E-state index contributed by atoms with van der Waals surface area (Å²) in [6.07, 6.45) is 2.64. The smallest absolute Gasteiger partial charge is 0.161 e. The molecule has 2 aromatic carbocycles. The maximum Gasteiger partial charge on any atom is 0.161 e. The van der Waals surface area contributed by atoms with Gasteiger partial charge in [0, 0.05) is 19.1 Å². The Morgan fingerprint density at radius 3 is 2.33 bits per heavy atom. The van der Waals surface area contributed by atoms with Crippen LogP contribution in [0.2, 0.25) is 10.0 Å². The number of piperidine rings is 3. The fourth-order valence-corrected chi connectivity index (χ4v) is 4.50. The Bertz CT molecular complexity index is 829. The van der Waals surface area contributed by atoms with Gasteiger partial charge in [0.25, 0.3) is 0 Å². The fraction of sp³-hybridized carbons (Fsp3) is 0.455. The molecule has 166 valence electrons. The van der Waals surface area contributed by atoms with Gasteiger partial charge in [-0.15, -0.1) is 24.8 Å². The molecule has 0 aromatic heterocycles. The zero-order valence-corrected chi connectivity index (χ0v) is 20.0. The van der Waals surface area contributed by atoms with Crippen molar-refractivity contribution in [2.24, 2.45) is 5.92 Å². The van der Waals surface area contributed by atoms with Gasteiger partial charge >= 0.3 is 0 Å². The van der Waals surface area contributed by atoms with E-state index in [9.17, 15) is 0 Å². The summed E-state index contributed by atoms with van der Waals surface area (Å²) in [4.78, 5) is 2.57. The number of methoxy groups -OCH3 is 1. The third-order valence-electron chi connectivity index (χ3n) is 5.83. The van der Waals surface area contributed by atoms with E-state index in [1.807, 2.05) is 18.2 Å². The Balaban J connectivity index is 0.00000160. The van der Waals surface area contributed by atoms with Crippen LogP contribution in [-0.4, -0.2) is 37.7 Å². The van der Waals surface area contributed by atoms with Crippen LogP contribution in [0.1, 0.15) is 24.0 Å². The van der Waals surface area contributed by atoms with Crippen molar-refractivity contribution in [1.82, 2.24) is 10.2 Å². The predicted molar refractivity (Wildman–Crippen MR) is 128 cm³/mol.